The summed E-state index contributed by atoms with van der Waals surface area (Å²) < 4.78 is 2.01. The number of nitrogens with zero attached hydrogens (tertiary/aromatic N) is 2. The monoisotopic (exact) mass is 356 g/mol. The van der Waals surface area contributed by atoms with Crippen molar-refractivity contribution in [1.82, 2.24) is 19.9 Å². The lowest BCUT2D eigenvalue weighted by Gasteiger charge is -2.18. The largest absolute Gasteiger partial charge is 0.349 e. The standard InChI is InChI=1S/C22H20N4O/c27-22(18-8-10-19(11-9-18)26-14-4-5-15-26)25-20(16-21-23-12-13-24-21)17-6-2-1-3-7-17/h1-15,20H,16H2,(H,23,24)(H,25,27). The number of aromatic amines is 1. The molecular formula is C22H20N4O. The quantitative estimate of drug-likeness (QED) is 0.550. The van der Waals surface area contributed by atoms with Gasteiger partial charge in [0, 0.05) is 42.5 Å². The molecule has 134 valence electrons. The highest BCUT2D eigenvalue weighted by Crippen LogP contribution is 2.18. The first-order valence-electron chi connectivity index (χ1n) is 8.87. The lowest BCUT2D eigenvalue weighted by molar-refractivity contribution is 0.0936. The summed E-state index contributed by atoms with van der Waals surface area (Å²) in [7, 11) is 0. The molecule has 2 aromatic carbocycles. The van der Waals surface area contributed by atoms with Crippen molar-refractivity contribution in [3.63, 3.8) is 0 Å². The van der Waals surface area contributed by atoms with Gasteiger partial charge in [0.15, 0.2) is 0 Å². The highest BCUT2D eigenvalue weighted by molar-refractivity contribution is 5.94. The Morgan fingerprint density at radius 3 is 2.41 bits per heavy atom. The van der Waals surface area contributed by atoms with Crippen molar-refractivity contribution in [1.29, 1.82) is 0 Å². The van der Waals surface area contributed by atoms with E-state index in [1.165, 1.54) is 0 Å². The summed E-state index contributed by atoms with van der Waals surface area (Å²) in [6.07, 6.45) is 8.07. The number of aromatic nitrogens is 3. The van der Waals surface area contributed by atoms with Crippen molar-refractivity contribution in [2.45, 2.75) is 12.5 Å². The summed E-state index contributed by atoms with van der Waals surface area (Å²) >= 11 is 0. The second kappa shape index (κ2) is 7.74. The van der Waals surface area contributed by atoms with Gasteiger partial charge in [0.2, 0.25) is 0 Å². The van der Waals surface area contributed by atoms with E-state index in [-0.39, 0.29) is 11.9 Å². The number of hydrogen-bond donors (Lipinski definition) is 2. The van der Waals surface area contributed by atoms with E-state index in [1.807, 2.05) is 83.7 Å². The van der Waals surface area contributed by atoms with Gasteiger partial charge in [-0.2, -0.15) is 0 Å². The molecule has 1 unspecified atom stereocenters. The van der Waals surface area contributed by atoms with Gasteiger partial charge in [-0.1, -0.05) is 30.3 Å². The Bertz CT molecular complexity index is 975. The maximum Gasteiger partial charge on any atom is 0.251 e. The van der Waals surface area contributed by atoms with Gasteiger partial charge in [0.05, 0.1) is 6.04 Å². The Morgan fingerprint density at radius 2 is 1.74 bits per heavy atom. The maximum absolute atomic E-state index is 12.8. The zero-order valence-corrected chi connectivity index (χ0v) is 14.7. The minimum absolute atomic E-state index is 0.102. The molecule has 0 aliphatic rings. The van der Waals surface area contributed by atoms with E-state index in [1.54, 1.807) is 12.4 Å². The van der Waals surface area contributed by atoms with Crippen LogP contribution in [0.15, 0.2) is 91.5 Å². The number of rotatable bonds is 6. The van der Waals surface area contributed by atoms with E-state index < -0.39 is 0 Å². The molecule has 4 aromatic rings. The van der Waals surface area contributed by atoms with Crippen molar-refractivity contribution in [3.8, 4) is 5.69 Å². The summed E-state index contributed by atoms with van der Waals surface area (Å²) in [4.78, 5) is 20.2. The lowest BCUT2D eigenvalue weighted by Crippen LogP contribution is -2.30. The summed E-state index contributed by atoms with van der Waals surface area (Å²) in [5, 5.41) is 3.14. The van der Waals surface area contributed by atoms with Crippen molar-refractivity contribution < 1.29 is 4.79 Å². The van der Waals surface area contributed by atoms with Crippen LogP contribution < -0.4 is 5.32 Å². The molecule has 0 saturated heterocycles. The minimum atomic E-state index is -0.158. The third-order valence-electron chi connectivity index (χ3n) is 4.49. The smallest absolute Gasteiger partial charge is 0.251 e. The zero-order valence-electron chi connectivity index (χ0n) is 14.7. The minimum Gasteiger partial charge on any atom is -0.349 e. The van der Waals surface area contributed by atoms with Crippen LogP contribution in [0.3, 0.4) is 0 Å². The molecule has 0 radical (unpaired) electrons. The van der Waals surface area contributed by atoms with Crippen molar-refractivity contribution >= 4 is 5.91 Å². The molecule has 0 bridgehead atoms. The molecule has 0 saturated carbocycles. The Kier molecular flexibility index (Phi) is 4.83. The van der Waals surface area contributed by atoms with Gasteiger partial charge >= 0.3 is 0 Å². The van der Waals surface area contributed by atoms with E-state index in [0.29, 0.717) is 12.0 Å². The number of hydrogen-bond acceptors (Lipinski definition) is 2. The molecule has 5 nitrogen and oxygen atoms in total. The molecule has 0 aliphatic heterocycles. The second-order valence-electron chi connectivity index (χ2n) is 6.31. The lowest BCUT2D eigenvalue weighted by atomic mass is 10.0. The van der Waals surface area contributed by atoms with Gasteiger partial charge in [-0.15, -0.1) is 0 Å². The molecule has 0 aliphatic carbocycles. The van der Waals surface area contributed by atoms with Gasteiger partial charge in [-0.3, -0.25) is 4.79 Å². The van der Waals surface area contributed by atoms with Crippen LogP contribution in [0, 0.1) is 0 Å². The van der Waals surface area contributed by atoms with E-state index >= 15 is 0 Å². The number of carbonyl (C=O) groups is 1. The molecule has 2 heterocycles. The molecule has 2 N–H and O–H groups in total. The molecule has 27 heavy (non-hydrogen) atoms. The van der Waals surface area contributed by atoms with E-state index in [0.717, 1.165) is 17.1 Å². The topological polar surface area (TPSA) is 62.7 Å². The Labute approximate surface area is 157 Å². The van der Waals surface area contributed by atoms with Gasteiger partial charge < -0.3 is 14.9 Å². The zero-order chi connectivity index (χ0) is 18.5. The molecule has 1 amide bonds. The van der Waals surface area contributed by atoms with E-state index in [2.05, 4.69) is 15.3 Å². The first-order chi connectivity index (χ1) is 13.3. The van der Waals surface area contributed by atoms with Crippen LogP contribution in [-0.2, 0) is 6.42 Å². The molecule has 5 heteroatoms. The van der Waals surface area contributed by atoms with Gasteiger partial charge in [0.1, 0.15) is 5.82 Å². The molecular weight excluding hydrogens is 336 g/mol. The van der Waals surface area contributed by atoms with Gasteiger partial charge in [0.25, 0.3) is 5.91 Å². The number of benzene rings is 2. The molecule has 4 rings (SSSR count). The van der Waals surface area contributed by atoms with Gasteiger partial charge in [-0.25, -0.2) is 4.98 Å². The Hall–Kier alpha value is -3.60. The molecule has 0 fully saturated rings. The number of nitrogens with one attached hydrogen (secondary N) is 2. The average molecular weight is 356 g/mol. The highest BCUT2D eigenvalue weighted by Gasteiger charge is 2.17. The normalized spacial score (nSPS) is 11.9. The van der Waals surface area contributed by atoms with E-state index in [9.17, 15) is 4.79 Å². The third kappa shape index (κ3) is 3.98. The van der Waals surface area contributed by atoms with Crippen LogP contribution in [0.25, 0.3) is 5.69 Å². The maximum atomic E-state index is 12.8. The Balaban J connectivity index is 1.52. The summed E-state index contributed by atoms with van der Waals surface area (Å²) in [5.74, 6) is 0.738. The first-order valence-corrected chi connectivity index (χ1v) is 8.87. The Morgan fingerprint density at radius 1 is 1.00 bits per heavy atom. The highest BCUT2D eigenvalue weighted by atomic mass is 16.1. The van der Waals surface area contributed by atoms with E-state index in [4.69, 9.17) is 0 Å². The SMILES string of the molecule is O=C(NC(Cc1ncc[nH]1)c1ccccc1)c1ccc(-n2cccc2)cc1. The first kappa shape index (κ1) is 16.8. The number of carbonyl (C=O) groups excluding carboxylic acids is 1. The van der Waals surface area contributed by atoms with Crippen LogP contribution in [0.5, 0.6) is 0 Å². The molecule has 1 atom stereocenters. The third-order valence-corrected chi connectivity index (χ3v) is 4.49. The van der Waals surface area contributed by atoms with Crippen LogP contribution in [0.1, 0.15) is 27.8 Å². The molecule has 2 aromatic heterocycles. The number of imidazole rings is 1. The van der Waals surface area contributed by atoms with Crippen LogP contribution in [0.4, 0.5) is 0 Å². The number of amides is 1. The predicted octanol–water partition coefficient (Wildman–Crippen LogP) is 3.91. The fourth-order valence-corrected chi connectivity index (χ4v) is 3.07. The van der Waals surface area contributed by atoms with Crippen LogP contribution in [0.2, 0.25) is 0 Å². The summed E-state index contributed by atoms with van der Waals surface area (Å²) in [5.41, 5.74) is 2.70. The van der Waals surface area contributed by atoms with Crippen molar-refractivity contribution in [2.75, 3.05) is 0 Å². The van der Waals surface area contributed by atoms with Crippen molar-refractivity contribution in [3.05, 3.63) is 108 Å². The average Bonchev–Trinajstić information content (AvgIpc) is 3.42. The number of H-pyrrole nitrogens is 1. The predicted molar refractivity (Wildman–Crippen MR) is 105 cm³/mol. The van der Waals surface area contributed by atoms with Crippen LogP contribution >= 0.6 is 0 Å². The fourth-order valence-electron chi connectivity index (χ4n) is 3.07. The summed E-state index contributed by atoms with van der Waals surface area (Å²) in [6.45, 7) is 0. The second-order valence-corrected chi connectivity index (χ2v) is 6.31. The summed E-state index contributed by atoms with van der Waals surface area (Å²) in [6, 6.07) is 21.3. The van der Waals surface area contributed by atoms with Crippen LogP contribution in [-0.4, -0.2) is 20.4 Å². The van der Waals surface area contributed by atoms with Gasteiger partial charge in [-0.05, 0) is 42.0 Å². The molecule has 0 spiro atoms. The fraction of sp³-hybridized carbons (Fsp3) is 0.0909. The van der Waals surface area contributed by atoms with Crippen molar-refractivity contribution in [2.24, 2.45) is 0 Å².